The van der Waals surface area contributed by atoms with Gasteiger partial charge in [-0.05, 0) is 36.4 Å². The van der Waals surface area contributed by atoms with E-state index in [9.17, 15) is 9.18 Å². The van der Waals surface area contributed by atoms with Crippen molar-refractivity contribution in [3.63, 3.8) is 0 Å². The van der Waals surface area contributed by atoms with Crippen molar-refractivity contribution in [2.45, 2.75) is 6.42 Å². The molecule has 25 heavy (non-hydrogen) atoms. The third kappa shape index (κ3) is 3.21. The van der Waals surface area contributed by atoms with Gasteiger partial charge < -0.3 is 4.74 Å². The van der Waals surface area contributed by atoms with Gasteiger partial charge >= 0.3 is 0 Å². The number of carbonyl (C=O) groups is 1. The first-order valence-electron chi connectivity index (χ1n) is 7.75. The van der Waals surface area contributed by atoms with Gasteiger partial charge in [0, 0.05) is 23.6 Å². The van der Waals surface area contributed by atoms with E-state index >= 15 is 0 Å². The van der Waals surface area contributed by atoms with Gasteiger partial charge in [-0.25, -0.2) is 9.37 Å². The minimum absolute atomic E-state index is 0.223. The molecule has 0 unspecified atom stereocenters. The lowest BCUT2D eigenvalue weighted by Gasteiger charge is -2.04. The zero-order chi connectivity index (χ0) is 17.2. The number of hydrogen-bond donors (Lipinski definition) is 0. The highest BCUT2D eigenvalue weighted by molar-refractivity contribution is 7.13. The van der Waals surface area contributed by atoms with Crippen LogP contribution in [-0.4, -0.2) is 22.4 Å². The number of Topliss-reactive ketones (excluding diaryl/α,β-unsaturated/α-hetero) is 1. The van der Waals surface area contributed by atoms with Crippen LogP contribution < -0.4 is 4.74 Å². The molecule has 4 rings (SSSR count). The van der Waals surface area contributed by atoms with Crippen LogP contribution in [-0.2, 0) is 0 Å². The van der Waals surface area contributed by atoms with Crippen LogP contribution in [0.5, 0.6) is 5.75 Å². The van der Waals surface area contributed by atoms with Crippen LogP contribution in [0.3, 0.4) is 0 Å². The fourth-order valence-corrected chi connectivity index (χ4v) is 3.39. The summed E-state index contributed by atoms with van der Waals surface area (Å²) in [5, 5.41) is 2.67. The third-order valence-electron chi connectivity index (χ3n) is 3.83. The summed E-state index contributed by atoms with van der Waals surface area (Å²) in [5.41, 5.74) is 2.29. The molecule has 124 valence electrons. The number of ether oxygens (including phenoxy) is 1. The average Bonchev–Trinajstić information content (AvgIpc) is 3.05. The van der Waals surface area contributed by atoms with Crippen LogP contribution in [0.2, 0.25) is 0 Å². The van der Waals surface area contributed by atoms with Gasteiger partial charge in [-0.1, -0.05) is 6.07 Å². The van der Waals surface area contributed by atoms with E-state index in [4.69, 9.17) is 4.74 Å². The SMILES string of the molecule is O=C1C(=Cc2csc(-c3ccccn3)n2)CCOc2ccc(F)cc21. The maximum Gasteiger partial charge on any atom is 0.193 e. The Bertz CT molecular complexity index is 967. The third-order valence-corrected chi connectivity index (χ3v) is 4.72. The largest absolute Gasteiger partial charge is 0.492 e. The predicted octanol–water partition coefficient (Wildman–Crippen LogP) is 4.39. The van der Waals surface area contributed by atoms with Gasteiger partial charge in [0.15, 0.2) is 5.78 Å². The number of pyridine rings is 1. The number of ketones is 1. The molecular formula is C19H13FN2O2S. The number of hydrogen-bond acceptors (Lipinski definition) is 5. The first kappa shape index (κ1) is 15.7. The first-order valence-corrected chi connectivity index (χ1v) is 8.63. The maximum absolute atomic E-state index is 13.5. The predicted molar refractivity (Wildman–Crippen MR) is 94.2 cm³/mol. The van der Waals surface area contributed by atoms with Gasteiger partial charge in [-0.15, -0.1) is 11.3 Å². The highest BCUT2D eigenvalue weighted by Crippen LogP contribution is 2.29. The molecule has 1 aliphatic heterocycles. The van der Waals surface area contributed by atoms with Crippen molar-refractivity contribution in [2.24, 2.45) is 0 Å². The molecule has 3 aromatic rings. The van der Waals surface area contributed by atoms with Gasteiger partial charge in [0.05, 0.1) is 23.6 Å². The number of halogens is 1. The Morgan fingerprint density at radius 2 is 2.16 bits per heavy atom. The summed E-state index contributed by atoms with van der Waals surface area (Å²) < 4.78 is 19.1. The van der Waals surface area contributed by atoms with Gasteiger partial charge in [0.2, 0.25) is 0 Å². The molecule has 0 atom stereocenters. The number of thiazole rings is 1. The second-order valence-electron chi connectivity index (χ2n) is 5.53. The van der Waals surface area contributed by atoms with Crippen LogP contribution in [0.4, 0.5) is 4.39 Å². The minimum Gasteiger partial charge on any atom is -0.492 e. The summed E-state index contributed by atoms with van der Waals surface area (Å²) in [6, 6.07) is 9.64. The Labute approximate surface area is 147 Å². The highest BCUT2D eigenvalue weighted by atomic mass is 32.1. The highest BCUT2D eigenvalue weighted by Gasteiger charge is 2.22. The standard InChI is InChI=1S/C19H13FN2O2S/c20-13-4-5-17-15(10-13)18(23)12(6-8-24-17)9-14-11-25-19(22-14)16-3-1-2-7-21-16/h1-5,7,9-11H,6,8H2. The van der Waals surface area contributed by atoms with Crippen LogP contribution in [0.25, 0.3) is 16.8 Å². The van der Waals surface area contributed by atoms with Crippen molar-refractivity contribution in [1.82, 2.24) is 9.97 Å². The molecule has 4 nitrogen and oxygen atoms in total. The number of carbonyl (C=O) groups excluding carboxylic acids is 1. The summed E-state index contributed by atoms with van der Waals surface area (Å²) in [4.78, 5) is 21.5. The second-order valence-corrected chi connectivity index (χ2v) is 6.39. The van der Waals surface area contributed by atoms with E-state index < -0.39 is 5.82 Å². The normalized spacial score (nSPS) is 15.6. The topological polar surface area (TPSA) is 52.1 Å². The summed E-state index contributed by atoms with van der Waals surface area (Å²) in [7, 11) is 0. The lowest BCUT2D eigenvalue weighted by molar-refractivity contribution is 0.103. The Morgan fingerprint density at radius 1 is 1.24 bits per heavy atom. The van der Waals surface area contributed by atoms with Gasteiger partial charge in [-0.2, -0.15) is 0 Å². The molecule has 0 radical (unpaired) electrons. The Morgan fingerprint density at radius 3 is 3.00 bits per heavy atom. The van der Waals surface area contributed by atoms with Gasteiger partial charge in [0.1, 0.15) is 16.6 Å². The fourth-order valence-electron chi connectivity index (χ4n) is 2.64. The van der Waals surface area contributed by atoms with Crippen LogP contribution in [0.1, 0.15) is 22.5 Å². The van der Waals surface area contributed by atoms with Crippen molar-refractivity contribution in [3.05, 3.63) is 70.6 Å². The van der Waals surface area contributed by atoms with E-state index in [1.165, 1.54) is 29.5 Å². The van der Waals surface area contributed by atoms with E-state index in [1.54, 1.807) is 12.3 Å². The molecule has 3 heterocycles. The molecule has 0 N–H and O–H groups in total. The van der Waals surface area contributed by atoms with Crippen LogP contribution in [0, 0.1) is 5.82 Å². The average molecular weight is 352 g/mol. The molecule has 1 aliphatic rings. The molecule has 0 aliphatic carbocycles. The molecule has 0 spiro atoms. The molecule has 2 aromatic heterocycles. The van der Waals surface area contributed by atoms with Crippen LogP contribution >= 0.6 is 11.3 Å². The lowest BCUT2D eigenvalue weighted by atomic mass is 10.0. The summed E-state index contributed by atoms with van der Waals surface area (Å²) in [6.45, 7) is 0.368. The van der Waals surface area contributed by atoms with Gasteiger partial charge in [-0.3, -0.25) is 9.78 Å². The number of benzene rings is 1. The molecule has 0 bridgehead atoms. The number of fused-ring (bicyclic) bond motifs is 1. The molecule has 6 heteroatoms. The van der Waals surface area contributed by atoms with Crippen molar-refractivity contribution < 1.29 is 13.9 Å². The molecular weight excluding hydrogens is 339 g/mol. The van der Waals surface area contributed by atoms with E-state index in [2.05, 4.69) is 9.97 Å². The monoisotopic (exact) mass is 352 g/mol. The lowest BCUT2D eigenvalue weighted by Crippen LogP contribution is -2.02. The van der Waals surface area contributed by atoms with Crippen molar-refractivity contribution in [2.75, 3.05) is 6.61 Å². The Hall–Kier alpha value is -2.86. The molecule has 0 amide bonds. The minimum atomic E-state index is -0.456. The molecule has 0 saturated carbocycles. The maximum atomic E-state index is 13.5. The van der Waals surface area contributed by atoms with Crippen molar-refractivity contribution >= 4 is 23.2 Å². The van der Waals surface area contributed by atoms with E-state index in [0.717, 1.165) is 10.7 Å². The zero-order valence-corrected chi connectivity index (χ0v) is 13.9. The zero-order valence-electron chi connectivity index (χ0n) is 13.1. The van der Waals surface area contributed by atoms with Crippen molar-refractivity contribution in [3.8, 4) is 16.5 Å². The molecule has 0 saturated heterocycles. The Kier molecular flexibility index (Phi) is 4.11. The summed E-state index contributed by atoms with van der Waals surface area (Å²) >= 11 is 1.46. The van der Waals surface area contributed by atoms with E-state index in [1.807, 2.05) is 23.6 Å². The van der Waals surface area contributed by atoms with E-state index in [0.29, 0.717) is 30.0 Å². The number of aromatic nitrogens is 2. The second kappa shape index (κ2) is 6.57. The number of rotatable bonds is 2. The smallest absolute Gasteiger partial charge is 0.193 e. The Balaban J connectivity index is 1.67. The van der Waals surface area contributed by atoms with E-state index in [-0.39, 0.29) is 11.3 Å². The quantitative estimate of drug-likeness (QED) is 0.642. The van der Waals surface area contributed by atoms with Crippen LogP contribution in [0.15, 0.2) is 53.5 Å². The number of nitrogens with zero attached hydrogens (tertiary/aromatic N) is 2. The summed E-state index contributed by atoms with van der Waals surface area (Å²) in [5.74, 6) is -0.260. The molecule has 1 aromatic carbocycles. The van der Waals surface area contributed by atoms with Gasteiger partial charge in [0.25, 0.3) is 0 Å². The summed E-state index contributed by atoms with van der Waals surface area (Å²) in [6.07, 6.45) is 3.91. The fraction of sp³-hybridized carbons (Fsp3) is 0.105. The molecule has 0 fully saturated rings. The van der Waals surface area contributed by atoms with Crippen molar-refractivity contribution in [1.29, 1.82) is 0 Å². The first-order chi connectivity index (χ1) is 12.2.